The van der Waals surface area contributed by atoms with E-state index >= 15 is 0 Å². The highest BCUT2D eigenvalue weighted by molar-refractivity contribution is 5.85. The van der Waals surface area contributed by atoms with Gasteiger partial charge >= 0.3 is 0 Å². The lowest BCUT2D eigenvalue weighted by Crippen LogP contribution is -2.49. The molecular formula is C34H36O6. The van der Waals surface area contributed by atoms with E-state index in [1.807, 2.05) is 121 Å². The second-order valence-corrected chi connectivity index (χ2v) is 9.44. The van der Waals surface area contributed by atoms with Crippen LogP contribution in [-0.2, 0) is 50.2 Å². The van der Waals surface area contributed by atoms with Gasteiger partial charge in [-0.25, -0.2) is 0 Å². The van der Waals surface area contributed by atoms with Crippen molar-refractivity contribution in [3.8, 4) is 0 Å². The van der Waals surface area contributed by atoms with Crippen molar-refractivity contribution in [1.29, 1.82) is 0 Å². The molecule has 208 valence electrons. The van der Waals surface area contributed by atoms with E-state index in [0.717, 1.165) is 22.3 Å². The summed E-state index contributed by atoms with van der Waals surface area (Å²) in [6, 6.07) is 38.6. The molecule has 0 spiro atoms. The normalized spacial score (nSPS) is 13.4. The molecule has 0 aromatic heterocycles. The molecule has 0 radical (unpaired) electrons. The minimum absolute atomic E-state index is 0.170. The van der Waals surface area contributed by atoms with Crippen LogP contribution in [0.2, 0.25) is 0 Å². The van der Waals surface area contributed by atoms with Gasteiger partial charge in [-0.05, 0) is 22.3 Å². The van der Waals surface area contributed by atoms with E-state index in [2.05, 4.69) is 0 Å². The maximum Gasteiger partial charge on any atom is 0.189 e. The van der Waals surface area contributed by atoms with E-state index in [-0.39, 0.29) is 38.8 Å². The Labute approximate surface area is 236 Å². The molecule has 1 N–H and O–H groups in total. The van der Waals surface area contributed by atoms with Crippen LogP contribution in [0.1, 0.15) is 22.3 Å². The molecule has 0 heterocycles. The molecule has 6 heteroatoms. The molecule has 0 aliphatic carbocycles. The highest BCUT2D eigenvalue weighted by atomic mass is 16.6. The van der Waals surface area contributed by atoms with Crippen molar-refractivity contribution in [1.82, 2.24) is 0 Å². The molecule has 40 heavy (non-hydrogen) atoms. The number of aliphatic hydroxyl groups excluding tert-OH is 1. The van der Waals surface area contributed by atoms with E-state index in [4.69, 9.17) is 18.9 Å². The first-order chi connectivity index (χ1) is 19.7. The summed E-state index contributed by atoms with van der Waals surface area (Å²) in [4.78, 5) is 13.6. The Hall–Kier alpha value is -3.65. The SMILES string of the molecule is O=C(COCc1ccccc1)C(OCc1ccccc1)C(OCc1ccccc1)C(CO)OCc1ccccc1. The van der Waals surface area contributed by atoms with Crippen molar-refractivity contribution in [2.45, 2.75) is 44.7 Å². The first kappa shape index (κ1) is 29.3. The van der Waals surface area contributed by atoms with E-state index in [1.165, 1.54) is 0 Å². The van der Waals surface area contributed by atoms with Gasteiger partial charge < -0.3 is 24.1 Å². The maximum atomic E-state index is 13.6. The number of carbonyl (C=O) groups is 1. The Bertz CT molecular complexity index is 1230. The Morgan fingerprint density at radius 2 is 0.950 bits per heavy atom. The van der Waals surface area contributed by atoms with Gasteiger partial charge in [-0.2, -0.15) is 0 Å². The van der Waals surface area contributed by atoms with Crippen LogP contribution in [0.3, 0.4) is 0 Å². The molecule has 4 rings (SSSR count). The molecule has 3 unspecified atom stereocenters. The predicted molar refractivity (Wildman–Crippen MR) is 153 cm³/mol. The van der Waals surface area contributed by atoms with Gasteiger partial charge in [0.05, 0.1) is 33.0 Å². The second kappa shape index (κ2) is 16.5. The fraction of sp³-hybridized carbons (Fsp3) is 0.265. The van der Waals surface area contributed by atoms with E-state index in [0.29, 0.717) is 6.61 Å². The van der Waals surface area contributed by atoms with Gasteiger partial charge in [0.1, 0.15) is 24.9 Å². The van der Waals surface area contributed by atoms with E-state index in [9.17, 15) is 9.90 Å². The van der Waals surface area contributed by atoms with Gasteiger partial charge in [-0.15, -0.1) is 0 Å². The zero-order chi connectivity index (χ0) is 27.8. The van der Waals surface area contributed by atoms with Gasteiger partial charge in [0.2, 0.25) is 0 Å². The predicted octanol–water partition coefficient (Wildman–Crippen LogP) is 5.52. The average Bonchev–Trinajstić information content (AvgIpc) is 3.01. The quantitative estimate of drug-likeness (QED) is 0.190. The van der Waals surface area contributed by atoms with Crippen LogP contribution in [-0.4, -0.2) is 42.4 Å². The lowest BCUT2D eigenvalue weighted by molar-refractivity contribution is -0.175. The second-order valence-electron chi connectivity index (χ2n) is 9.44. The molecule has 4 aromatic carbocycles. The molecular weight excluding hydrogens is 504 g/mol. The smallest absolute Gasteiger partial charge is 0.189 e. The number of ether oxygens (including phenoxy) is 4. The highest BCUT2D eigenvalue weighted by Crippen LogP contribution is 2.20. The third-order valence-electron chi connectivity index (χ3n) is 6.38. The van der Waals surface area contributed by atoms with Gasteiger partial charge in [0.15, 0.2) is 5.78 Å². The van der Waals surface area contributed by atoms with Crippen LogP contribution in [0, 0.1) is 0 Å². The van der Waals surface area contributed by atoms with Crippen molar-refractivity contribution in [2.24, 2.45) is 0 Å². The zero-order valence-electron chi connectivity index (χ0n) is 22.5. The number of carbonyl (C=O) groups excluding carboxylic acids is 1. The summed E-state index contributed by atoms with van der Waals surface area (Å²) in [5.74, 6) is -0.285. The summed E-state index contributed by atoms with van der Waals surface area (Å²) in [6.45, 7) is 0.437. The number of Topliss-reactive ketones (excluding diaryl/α,β-unsaturated/α-hetero) is 1. The van der Waals surface area contributed by atoms with E-state index < -0.39 is 18.3 Å². The Morgan fingerprint density at radius 3 is 1.40 bits per heavy atom. The summed E-state index contributed by atoms with van der Waals surface area (Å²) >= 11 is 0. The summed E-state index contributed by atoms with van der Waals surface area (Å²) in [5, 5.41) is 10.4. The topological polar surface area (TPSA) is 74.2 Å². The van der Waals surface area contributed by atoms with Crippen molar-refractivity contribution < 1.29 is 28.8 Å². The van der Waals surface area contributed by atoms with Crippen LogP contribution >= 0.6 is 0 Å². The third-order valence-corrected chi connectivity index (χ3v) is 6.38. The monoisotopic (exact) mass is 540 g/mol. The van der Waals surface area contributed by atoms with Crippen LogP contribution in [0.25, 0.3) is 0 Å². The molecule has 0 fully saturated rings. The summed E-state index contributed by atoms with van der Waals surface area (Å²) in [6.07, 6.45) is -2.74. The molecule has 4 aromatic rings. The van der Waals surface area contributed by atoms with Crippen molar-refractivity contribution in [3.05, 3.63) is 144 Å². The molecule has 0 aliphatic heterocycles. The zero-order valence-corrected chi connectivity index (χ0v) is 22.5. The molecule has 0 bridgehead atoms. The van der Waals surface area contributed by atoms with Crippen molar-refractivity contribution >= 4 is 5.78 Å². The Kier molecular flexibility index (Phi) is 12.1. The number of ketones is 1. The fourth-order valence-corrected chi connectivity index (χ4v) is 4.24. The number of aliphatic hydroxyl groups is 1. The van der Waals surface area contributed by atoms with Crippen molar-refractivity contribution in [2.75, 3.05) is 13.2 Å². The minimum atomic E-state index is -1.03. The Balaban J connectivity index is 1.53. The van der Waals surface area contributed by atoms with Gasteiger partial charge in [-0.3, -0.25) is 4.79 Å². The molecule has 3 atom stereocenters. The van der Waals surface area contributed by atoms with Gasteiger partial charge in [-0.1, -0.05) is 121 Å². The molecule has 6 nitrogen and oxygen atoms in total. The lowest BCUT2D eigenvalue weighted by atomic mass is 10.0. The molecule has 0 saturated heterocycles. The standard InChI is InChI=1S/C34H36O6/c35-21-32(38-23-28-15-7-2-8-16-28)34(40-25-30-19-11-4-12-20-30)33(39-24-29-17-9-3-10-18-29)31(36)26-37-22-27-13-5-1-6-14-27/h1-20,32-35H,21-26H2. The van der Waals surface area contributed by atoms with Crippen LogP contribution in [0.4, 0.5) is 0 Å². The first-order valence-electron chi connectivity index (χ1n) is 13.4. The summed E-state index contributed by atoms with van der Waals surface area (Å²) in [5.41, 5.74) is 3.76. The van der Waals surface area contributed by atoms with Crippen LogP contribution < -0.4 is 0 Å². The number of benzene rings is 4. The summed E-state index contributed by atoms with van der Waals surface area (Å²) in [7, 11) is 0. The highest BCUT2D eigenvalue weighted by Gasteiger charge is 2.37. The van der Waals surface area contributed by atoms with Crippen molar-refractivity contribution in [3.63, 3.8) is 0 Å². The molecule has 0 amide bonds. The first-order valence-corrected chi connectivity index (χ1v) is 13.4. The maximum absolute atomic E-state index is 13.6. The fourth-order valence-electron chi connectivity index (χ4n) is 4.24. The Morgan fingerprint density at radius 1 is 0.550 bits per heavy atom. The minimum Gasteiger partial charge on any atom is -0.394 e. The van der Waals surface area contributed by atoms with Gasteiger partial charge in [0.25, 0.3) is 0 Å². The third kappa shape index (κ3) is 9.52. The molecule has 0 saturated carbocycles. The average molecular weight is 541 g/mol. The number of rotatable bonds is 17. The van der Waals surface area contributed by atoms with Gasteiger partial charge in [0, 0.05) is 0 Å². The van der Waals surface area contributed by atoms with E-state index in [1.54, 1.807) is 0 Å². The lowest BCUT2D eigenvalue weighted by Gasteiger charge is -2.32. The number of hydrogen-bond acceptors (Lipinski definition) is 6. The largest absolute Gasteiger partial charge is 0.394 e. The molecule has 0 aliphatic rings. The van der Waals surface area contributed by atoms with Crippen LogP contribution in [0.5, 0.6) is 0 Å². The van der Waals surface area contributed by atoms with Crippen LogP contribution in [0.15, 0.2) is 121 Å². The number of hydrogen-bond donors (Lipinski definition) is 1. The summed E-state index contributed by atoms with van der Waals surface area (Å²) < 4.78 is 24.5.